The first kappa shape index (κ1) is 15.3. The standard InChI is InChI=1S/C17H27FN2/c1-12(13-6-7-13)20(5)16-9-8-15(18)10-14(16)11-19-17(2,3)4/h8-10,12-13,19H,6-7,11H2,1-5H3. The van der Waals surface area contributed by atoms with Gasteiger partial charge in [-0.25, -0.2) is 4.39 Å². The maximum absolute atomic E-state index is 13.6. The summed E-state index contributed by atoms with van der Waals surface area (Å²) in [6.07, 6.45) is 2.64. The minimum absolute atomic E-state index is 0.0320. The van der Waals surface area contributed by atoms with Gasteiger partial charge in [0.15, 0.2) is 0 Å². The Morgan fingerprint density at radius 3 is 2.55 bits per heavy atom. The highest BCUT2D eigenvalue weighted by atomic mass is 19.1. The van der Waals surface area contributed by atoms with Gasteiger partial charge in [-0.05, 0) is 70.2 Å². The smallest absolute Gasteiger partial charge is 0.123 e. The zero-order valence-corrected chi connectivity index (χ0v) is 13.3. The monoisotopic (exact) mass is 278 g/mol. The molecule has 0 spiro atoms. The summed E-state index contributed by atoms with van der Waals surface area (Å²) in [4.78, 5) is 2.30. The predicted octanol–water partition coefficient (Wildman–Crippen LogP) is 3.95. The van der Waals surface area contributed by atoms with Gasteiger partial charge < -0.3 is 10.2 Å². The second kappa shape index (κ2) is 5.72. The summed E-state index contributed by atoms with van der Waals surface area (Å²) in [5, 5.41) is 3.45. The van der Waals surface area contributed by atoms with Gasteiger partial charge in [0.05, 0.1) is 0 Å². The Balaban J connectivity index is 2.18. The average Bonchev–Trinajstić information content (AvgIpc) is 3.18. The van der Waals surface area contributed by atoms with Crippen LogP contribution in [0.2, 0.25) is 0 Å². The lowest BCUT2D eigenvalue weighted by Gasteiger charge is -2.30. The normalized spacial score (nSPS) is 17.1. The molecule has 1 fully saturated rings. The number of anilines is 1. The second-order valence-corrected chi connectivity index (χ2v) is 7.07. The maximum atomic E-state index is 13.6. The molecule has 2 rings (SSSR count). The highest BCUT2D eigenvalue weighted by Crippen LogP contribution is 2.37. The number of rotatable bonds is 5. The lowest BCUT2D eigenvalue weighted by molar-refractivity contribution is 0.423. The minimum atomic E-state index is -0.160. The van der Waals surface area contributed by atoms with E-state index in [2.05, 4.69) is 45.0 Å². The number of nitrogens with zero attached hydrogens (tertiary/aromatic N) is 1. The van der Waals surface area contributed by atoms with Gasteiger partial charge in [0.25, 0.3) is 0 Å². The molecule has 0 amide bonds. The Hall–Kier alpha value is -1.09. The molecule has 1 aromatic carbocycles. The molecule has 1 atom stereocenters. The number of halogens is 1. The van der Waals surface area contributed by atoms with E-state index in [0.717, 1.165) is 17.2 Å². The molecule has 1 N–H and O–H groups in total. The zero-order chi connectivity index (χ0) is 14.9. The Bertz CT molecular complexity index is 461. The topological polar surface area (TPSA) is 15.3 Å². The van der Waals surface area contributed by atoms with Crippen LogP contribution in [0.5, 0.6) is 0 Å². The van der Waals surface area contributed by atoms with Crippen molar-refractivity contribution in [3.05, 3.63) is 29.6 Å². The third-order valence-corrected chi connectivity index (χ3v) is 4.15. The Labute approximate surface area is 122 Å². The molecule has 0 bridgehead atoms. The predicted molar refractivity (Wildman–Crippen MR) is 83.6 cm³/mol. The molecule has 0 saturated heterocycles. The Morgan fingerprint density at radius 1 is 1.35 bits per heavy atom. The van der Waals surface area contributed by atoms with Crippen molar-refractivity contribution in [3.8, 4) is 0 Å². The van der Waals surface area contributed by atoms with E-state index >= 15 is 0 Å². The van der Waals surface area contributed by atoms with E-state index in [-0.39, 0.29) is 11.4 Å². The van der Waals surface area contributed by atoms with Gasteiger partial charge in [-0.1, -0.05) is 0 Å². The minimum Gasteiger partial charge on any atom is -0.371 e. The summed E-state index contributed by atoms with van der Waals surface area (Å²) in [6.45, 7) is 9.34. The quantitative estimate of drug-likeness (QED) is 0.877. The van der Waals surface area contributed by atoms with Crippen LogP contribution < -0.4 is 10.2 Å². The zero-order valence-electron chi connectivity index (χ0n) is 13.3. The van der Waals surface area contributed by atoms with Crippen molar-refractivity contribution in [1.29, 1.82) is 0 Å². The van der Waals surface area contributed by atoms with Crippen molar-refractivity contribution in [3.63, 3.8) is 0 Å². The number of benzene rings is 1. The van der Waals surface area contributed by atoms with Crippen LogP contribution >= 0.6 is 0 Å². The van der Waals surface area contributed by atoms with Crippen molar-refractivity contribution < 1.29 is 4.39 Å². The first-order chi connectivity index (χ1) is 9.28. The molecule has 0 heterocycles. The molecule has 0 aliphatic heterocycles. The molecule has 20 heavy (non-hydrogen) atoms. The molecular formula is C17H27FN2. The van der Waals surface area contributed by atoms with Gasteiger partial charge in [0.1, 0.15) is 5.82 Å². The Morgan fingerprint density at radius 2 is 2.00 bits per heavy atom. The molecule has 1 unspecified atom stereocenters. The molecule has 1 saturated carbocycles. The van der Waals surface area contributed by atoms with Crippen molar-refractivity contribution in [1.82, 2.24) is 5.32 Å². The molecule has 3 heteroatoms. The summed E-state index contributed by atoms with van der Waals surface area (Å²) in [5.41, 5.74) is 2.21. The van der Waals surface area contributed by atoms with E-state index in [4.69, 9.17) is 0 Å². The van der Waals surface area contributed by atoms with E-state index in [9.17, 15) is 4.39 Å². The molecule has 1 aromatic rings. The largest absolute Gasteiger partial charge is 0.371 e. The molecular weight excluding hydrogens is 251 g/mol. The van der Waals surface area contributed by atoms with Gasteiger partial charge >= 0.3 is 0 Å². The molecule has 0 aromatic heterocycles. The van der Waals surface area contributed by atoms with Crippen LogP contribution in [0, 0.1) is 11.7 Å². The number of hydrogen-bond donors (Lipinski definition) is 1. The third-order valence-electron chi connectivity index (χ3n) is 4.15. The van der Waals surface area contributed by atoms with Gasteiger partial charge in [-0.2, -0.15) is 0 Å². The van der Waals surface area contributed by atoms with E-state index in [1.54, 1.807) is 12.1 Å². The van der Waals surface area contributed by atoms with Crippen molar-refractivity contribution in [2.45, 2.75) is 58.7 Å². The van der Waals surface area contributed by atoms with Crippen LogP contribution in [0.1, 0.15) is 46.1 Å². The summed E-state index contributed by atoms with van der Waals surface area (Å²) >= 11 is 0. The third kappa shape index (κ3) is 3.95. The second-order valence-electron chi connectivity index (χ2n) is 7.07. The highest BCUT2D eigenvalue weighted by Gasteiger charge is 2.31. The van der Waals surface area contributed by atoms with Crippen molar-refractivity contribution in [2.24, 2.45) is 5.92 Å². The van der Waals surface area contributed by atoms with Crippen LogP contribution in [0.3, 0.4) is 0 Å². The fourth-order valence-electron chi connectivity index (χ4n) is 2.51. The van der Waals surface area contributed by atoms with Crippen LogP contribution in [-0.2, 0) is 6.54 Å². The summed E-state index contributed by atoms with van der Waals surface area (Å²) < 4.78 is 13.6. The molecule has 0 radical (unpaired) electrons. The average molecular weight is 278 g/mol. The molecule has 2 nitrogen and oxygen atoms in total. The van der Waals surface area contributed by atoms with E-state index in [0.29, 0.717) is 12.6 Å². The fraction of sp³-hybridized carbons (Fsp3) is 0.647. The highest BCUT2D eigenvalue weighted by molar-refractivity contribution is 5.54. The number of hydrogen-bond acceptors (Lipinski definition) is 2. The summed E-state index contributed by atoms with van der Waals surface area (Å²) in [5.74, 6) is 0.639. The maximum Gasteiger partial charge on any atom is 0.123 e. The molecule has 1 aliphatic rings. The fourth-order valence-corrected chi connectivity index (χ4v) is 2.51. The summed E-state index contributed by atoms with van der Waals surface area (Å²) in [7, 11) is 2.12. The van der Waals surface area contributed by atoms with Crippen LogP contribution in [0.15, 0.2) is 18.2 Å². The van der Waals surface area contributed by atoms with Crippen LogP contribution in [-0.4, -0.2) is 18.6 Å². The van der Waals surface area contributed by atoms with E-state index in [1.165, 1.54) is 12.8 Å². The summed E-state index contributed by atoms with van der Waals surface area (Å²) in [6, 6.07) is 5.65. The van der Waals surface area contributed by atoms with E-state index < -0.39 is 0 Å². The lowest BCUT2D eigenvalue weighted by Crippen LogP contribution is -2.36. The van der Waals surface area contributed by atoms with Crippen LogP contribution in [0.25, 0.3) is 0 Å². The van der Waals surface area contributed by atoms with Crippen molar-refractivity contribution >= 4 is 5.69 Å². The van der Waals surface area contributed by atoms with E-state index in [1.807, 2.05) is 6.07 Å². The molecule has 112 valence electrons. The van der Waals surface area contributed by atoms with Crippen molar-refractivity contribution in [2.75, 3.05) is 11.9 Å². The van der Waals surface area contributed by atoms with Gasteiger partial charge in [-0.3, -0.25) is 0 Å². The first-order valence-electron chi connectivity index (χ1n) is 7.54. The first-order valence-corrected chi connectivity index (χ1v) is 7.54. The SMILES string of the molecule is CC(C1CC1)N(C)c1ccc(F)cc1CNC(C)(C)C. The molecule has 1 aliphatic carbocycles. The van der Waals surface area contributed by atoms with Gasteiger partial charge in [-0.15, -0.1) is 0 Å². The lowest BCUT2D eigenvalue weighted by atomic mass is 10.1. The van der Waals surface area contributed by atoms with Gasteiger partial charge in [0.2, 0.25) is 0 Å². The van der Waals surface area contributed by atoms with Crippen LogP contribution in [0.4, 0.5) is 10.1 Å². The number of nitrogens with one attached hydrogen (secondary N) is 1. The van der Waals surface area contributed by atoms with Gasteiger partial charge in [0, 0.05) is 30.9 Å². The Kier molecular flexibility index (Phi) is 4.38.